The normalized spacial score (nSPS) is 16.2. The van der Waals surface area contributed by atoms with Gasteiger partial charge >= 0.3 is 0 Å². The number of sulfonamides is 1. The SMILES string of the molecule is CCCN(C1CC1)S(=O)(=O)c1cc(N)cc(F)c1. The predicted octanol–water partition coefficient (Wildman–Crippen LogP) is 1.97. The first-order chi connectivity index (χ1) is 8.45. The zero-order valence-corrected chi connectivity index (χ0v) is 11.1. The second kappa shape index (κ2) is 4.85. The van der Waals surface area contributed by atoms with Crippen molar-refractivity contribution >= 4 is 15.7 Å². The smallest absolute Gasteiger partial charge is 0.243 e. The third-order valence-corrected chi connectivity index (χ3v) is 4.83. The third kappa shape index (κ3) is 2.64. The van der Waals surface area contributed by atoms with Crippen LogP contribution < -0.4 is 5.73 Å². The maximum atomic E-state index is 13.3. The van der Waals surface area contributed by atoms with Crippen molar-refractivity contribution in [1.29, 1.82) is 0 Å². The summed E-state index contributed by atoms with van der Waals surface area (Å²) in [7, 11) is -3.63. The summed E-state index contributed by atoms with van der Waals surface area (Å²) in [5, 5.41) is 0. The molecule has 1 fully saturated rings. The molecule has 2 rings (SSSR count). The quantitative estimate of drug-likeness (QED) is 0.833. The second-order valence-corrected chi connectivity index (χ2v) is 6.46. The van der Waals surface area contributed by atoms with Gasteiger partial charge in [-0.15, -0.1) is 0 Å². The molecule has 1 aliphatic carbocycles. The van der Waals surface area contributed by atoms with Crippen LogP contribution in [0.3, 0.4) is 0 Å². The highest BCUT2D eigenvalue weighted by Gasteiger charge is 2.37. The molecule has 0 heterocycles. The lowest BCUT2D eigenvalue weighted by atomic mass is 10.3. The Morgan fingerprint density at radius 1 is 1.39 bits per heavy atom. The first-order valence-electron chi connectivity index (χ1n) is 6.03. The average molecular weight is 272 g/mol. The maximum absolute atomic E-state index is 13.3. The van der Waals surface area contributed by atoms with Gasteiger partial charge in [-0.3, -0.25) is 0 Å². The van der Waals surface area contributed by atoms with Crippen molar-refractivity contribution < 1.29 is 12.8 Å². The van der Waals surface area contributed by atoms with E-state index in [1.165, 1.54) is 10.4 Å². The maximum Gasteiger partial charge on any atom is 0.243 e. The highest BCUT2D eigenvalue weighted by molar-refractivity contribution is 7.89. The van der Waals surface area contributed by atoms with Gasteiger partial charge in [0.1, 0.15) is 5.82 Å². The molecular formula is C12H17FN2O2S. The summed E-state index contributed by atoms with van der Waals surface area (Å²) < 4.78 is 39.5. The Bertz CT molecular complexity index is 521. The van der Waals surface area contributed by atoms with Gasteiger partial charge in [-0.2, -0.15) is 4.31 Å². The van der Waals surface area contributed by atoms with Crippen molar-refractivity contribution in [3.8, 4) is 0 Å². The Morgan fingerprint density at radius 3 is 2.56 bits per heavy atom. The number of rotatable bonds is 5. The number of nitrogens with two attached hydrogens (primary N) is 1. The van der Waals surface area contributed by atoms with E-state index in [1.807, 2.05) is 6.92 Å². The van der Waals surface area contributed by atoms with Crippen molar-refractivity contribution in [2.24, 2.45) is 0 Å². The van der Waals surface area contributed by atoms with E-state index in [4.69, 9.17) is 5.73 Å². The molecule has 0 aromatic heterocycles. The Labute approximate surface area is 107 Å². The largest absolute Gasteiger partial charge is 0.399 e. The molecule has 2 N–H and O–H groups in total. The van der Waals surface area contributed by atoms with Gasteiger partial charge < -0.3 is 5.73 Å². The van der Waals surface area contributed by atoms with Crippen LogP contribution in [-0.2, 0) is 10.0 Å². The van der Waals surface area contributed by atoms with E-state index in [9.17, 15) is 12.8 Å². The molecule has 1 aromatic carbocycles. The first-order valence-corrected chi connectivity index (χ1v) is 7.47. The molecule has 0 atom stereocenters. The van der Waals surface area contributed by atoms with Gasteiger partial charge in [-0.1, -0.05) is 6.92 Å². The summed E-state index contributed by atoms with van der Waals surface area (Å²) in [5.41, 5.74) is 5.62. The molecule has 0 spiro atoms. The number of anilines is 1. The van der Waals surface area contributed by atoms with Crippen LogP contribution in [0.5, 0.6) is 0 Å². The van der Waals surface area contributed by atoms with Gasteiger partial charge in [0.05, 0.1) is 4.90 Å². The second-order valence-electron chi connectivity index (χ2n) is 4.57. The van der Waals surface area contributed by atoms with E-state index in [2.05, 4.69) is 0 Å². The lowest BCUT2D eigenvalue weighted by molar-refractivity contribution is 0.403. The van der Waals surface area contributed by atoms with Crippen molar-refractivity contribution in [3.05, 3.63) is 24.0 Å². The third-order valence-electron chi connectivity index (χ3n) is 2.90. The van der Waals surface area contributed by atoms with E-state index in [0.717, 1.165) is 31.4 Å². The van der Waals surface area contributed by atoms with Crippen molar-refractivity contribution in [2.75, 3.05) is 12.3 Å². The van der Waals surface area contributed by atoms with Gasteiger partial charge in [0, 0.05) is 18.3 Å². The van der Waals surface area contributed by atoms with Gasteiger partial charge in [0.2, 0.25) is 10.0 Å². The molecule has 100 valence electrons. The number of nitrogen functional groups attached to an aromatic ring is 1. The molecular weight excluding hydrogens is 255 g/mol. The number of benzene rings is 1. The lowest BCUT2D eigenvalue weighted by Gasteiger charge is -2.21. The van der Waals surface area contributed by atoms with Crippen molar-refractivity contribution in [3.63, 3.8) is 0 Å². The molecule has 0 aliphatic heterocycles. The Balaban J connectivity index is 2.39. The highest BCUT2D eigenvalue weighted by Crippen LogP contribution is 2.32. The minimum atomic E-state index is -3.63. The molecule has 0 radical (unpaired) electrons. The number of halogens is 1. The van der Waals surface area contributed by atoms with Crippen LogP contribution in [0.15, 0.2) is 23.1 Å². The minimum absolute atomic E-state index is 0.0552. The molecule has 4 nitrogen and oxygen atoms in total. The van der Waals surface area contributed by atoms with Crippen molar-refractivity contribution in [2.45, 2.75) is 37.1 Å². The van der Waals surface area contributed by atoms with Crippen LogP contribution >= 0.6 is 0 Å². The zero-order chi connectivity index (χ0) is 13.3. The zero-order valence-electron chi connectivity index (χ0n) is 10.3. The van der Waals surface area contributed by atoms with Crippen LogP contribution in [0.4, 0.5) is 10.1 Å². The van der Waals surface area contributed by atoms with Gasteiger partial charge in [-0.05, 0) is 37.5 Å². The van der Waals surface area contributed by atoms with Crippen LogP contribution in [-0.4, -0.2) is 25.3 Å². The fourth-order valence-electron chi connectivity index (χ4n) is 1.95. The fourth-order valence-corrected chi connectivity index (χ4v) is 3.79. The summed E-state index contributed by atoms with van der Waals surface area (Å²) in [6.07, 6.45) is 2.49. The summed E-state index contributed by atoms with van der Waals surface area (Å²) in [6, 6.07) is 3.51. The molecule has 0 unspecified atom stereocenters. The molecule has 0 saturated heterocycles. The summed E-state index contributed by atoms with van der Waals surface area (Å²) in [6.45, 7) is 2.38. The molecule has 18 heavy (non-hydrogen) atoms. The van der Waals surface area contributed by atoms with E-state index < -0.39 is 15.8 Å². The standard InChI is InChI=1S/C12H17FN2O2S/c1-2-5-15(11-3-4-11)18(16,17)12-7-9(13)6-10(14)8-12/h6-8,11H,2-5,14H2,1H3. The summed E-state index contributed by atoms with van der Waals surface area (Å²) in [4.78, 5) is -0.0552. The average Bonchev–Trinajstić information content (AvgIpc) is 3.08. The van der Waals surface area contributed by atoms with Crippen LogP contribution in [0, 0.1) is 5.82 Å². The van der Waals surface area contributed by atoms with Gasteiger partial charge in [0.25, 0.3) is 0 Å². The molecule has 0 bridgehead atoms. The highest BCUT2D eigenvalue weighted by atomic mass is 32.2. The fraction of sp³-hybridized carbons (Fsp3) is 0.500. The van der Waals surface area contributed by atoms with Crippen LogP contribution in [0.25, 0.3) is 0 Å². The Kier molecular flexibility index (Phi) is 3.59. The van der Waals surface area contributed by atoms with Gasteiger partial charge in [-0.25, -0.2) is 12.8 Å². The molecule has 1 saturated carbocycles. The molecule has 6 heteroatoms. The van der Waals surface area contributed by atoms with Crippen LogP contribution in [0.2, 0.25) is 0 Å². The predicted molar refractivity (Wildman–Crippen MR) is 68.0 cm³/mol. The number of nitrogens with zero attached hydrogens (tertiary/aromatic N) is 1. The number of hydrogen-bond acceptors (Lipinski definition) is 3. The van der Waals surface area contributed by atoms with E-state index in [-0.39, 0.29) is 16.6 Å². The summed E-state index contributed by atoms with van der Waals surface area (Å²) in [5.74, 6) is -0.624. The topological polar surface area (TPSA) is 63.4 Å². The van der Waals surface area contributed by atoms with E-state index in [1.54, 1.807) is 0 Å². The van der Waals surface area contributed by atoms with Crippen molar-refractivity contribution in [1.82, 2.24) is 4.31 Å². The Morgan fingerprint density at radius 2 is 2.06 bits per heavy atom. The first kappa shape index (κ1) is 13.3. The molecule has 1 aliphatic rings. The lowest BCUT2D eigenvalue weighted by Crippen LogP contribution is -2.33. The van der Waals surface area contributed by atoms with E-state index in [0.29, 0.717) is 6.54 Å². The number of hydrogen-bond donors (Lipinski definition) is 1. The van der Waals surface area contributed by atoms with Crippen LogP contribution in [0.1, 0.15) is 26.2 Å². The monoisotopic (exact) mass is 272 g/mol. The van der Waals surface area contributed by atoms with E-state index >= 15 is 0 Å². The molecule has 1 aromatic rings. The van der Waals surface area contributed by atoms with Gasteiger partial charge in [0.15, 0.2) is 0 Å². The Hall–Kier alpha value is -1.14. The minimum Gasteiger partial charge on any atom is -0.399 e. The summed E-state index contributed by atoms with van der Waals surface area (Å²) >= 11 is 0. The molecule has 0 amide bonds.